The zero-order valence-corrected chi connectivity index (χ0v) is 12.0. The predicted molar refractivity (Wildman–Crippen MR) is 73.0 cm³/mol. The van der Waals surface area contributed by atoms with Gasteiger partial charge < -0.3 is 9.67 Å². The Hall–Kier alpha value is -0.620. The van der Waals surface area contributed by atoms with E-state index < -0.39 is 5.97 Å². The number of aliphatic carboxylic acids is 1. The van der Waals surface area contributed by atoms with Crippen LogP contribution >= 0.6 is 23.5 Å². The number of thioether (sulfide) groups is 2. The van der Waals surface area contributed by atoms with Crippen molar-refractivity contribution in [3.05, 3.63) is 11.9 Å². The van der Waals surface area contributed by atoms with Crippen molar-refractivity contribution >= 4 is 29.5 Å². The van der Waals surface area contributed by atoms with Crippen molar-refractivity contribution in [1.82, 2.24) is 9.55 Å². The topological polar surface area (TPSA) is 55.1 Å². The van der Waals surface area contributed by atoms with Crippen LogP contribution < -0.4 is 0 Å². The van der Waals surface area contributed by atoms with Gasteiger partial charge >= 0.3 is 5.97 Å². The molecule has 0 spiro atoms. The van der Waals surface area contributed by atoms with E-state index in [1.165, 1.54) is 11.8 Å². The quantitative estimate of drug-likeness (QED) is 0.775. The van der Waals surface area contributed by atoms with Crippen LogP contribution in [0.15, 0.2) is 11.4 Å². The van der Waals surface area contributed by atoms with Crippen LogP contribution in [-0.2, 0) is 4.79 Å². The van der Waals surface area contributed by atoms with E-state index in [0.29, 0.717) is 6.04 Å². The van der Waals surface area contributed by atoms with Crippen molar-refractivity contribution < 1.29 is 9.90 Å². The third-order valence-corrected chi connectivity index (χ3v) is 4.05. The Balaban J connectivity index is 2.74. The number of carboxylic acids is 1. The molecule has 17 heavy (non-hydrogen) atoms. The van der Waals surface area contributed by atoms with Crippen LogP contribution in [0.25, 0.3) is 0 Å². The Morgan fingerprint density at radius 3 is 2.94 bits per heavy atom. The molecule has 0 aliphatic heterocycles. The highest BCUT2D eigenvalue weighted by Gasteiger charge is 2.14. The van der Waals surface area contributed by atoms with Crippen LogP contribution in [0.5, 0.6) is 0 Å². The first kappa shape index (κ1) is 14.4. The third-order valence-electron chi connectivity index (χ3n) is 2.45. The van der Waals surface area contributed by atoms with Crippen LogP contribution in [-0.4, -0.2) is 38.4 Å². The smallest absolute Gasteiger partial charge is 0.313 e. The number of nitrogens with zero attached hydrogens (tertiary/aromatic N) is 2. The lowest BCUT2D eigenvalue weighted by atomic mass is 10.2. The summed E-state index contributed by atoms with van der Waals surface area (Å²) in [5.41, 5.74) is 1.09. The van der Waals surface area contributed by atoms with Crippen molar-refractivity contribution in [1.29, 1.82) is 0 Å². The van der Waals surface area contributed by atoms with Gasteiger partial charge in [0.25, 0.3) is 0 Å². The Kier molecular flexibility index (Phi) is 5.91. The maximum absolute atomic E-state index is 10.6. The fraction of sp³-hybridized carbons (Fsp3) is 0.636. The number of aryl methyl sites for hydroxylation is 1. The zero-order valence-electron chi connectivity index (χ0n) is 10.3. The molecule has 1 aromatic rings. The van der Waals surface area contributed by atoms with Gasteiger partial charge in [0.05, 0.1) is 5.75 Å². The van der Waals surface area contributed by atoms with E-state index >= 15 is 0 Å². The number of hydrogen-bond donors (Lipinski definition) is 1. The van der Waals surface area contributed by atoms with E-state index in [9.17, 15) is 4.79 Å². The molecule has 4 nitrogen and oxygen atoms in total. The largest absolute Gasteiger partial charge is 0.481 e. The fourth-order valence-corrected chi connectivity index (χ4v) is 3.03. The molecule has 0 radical (unpaired) electrons. The number of aromatic nitrogens is 2. The number of hydrogen-bond acceptors (Lipinski definition) is 4. The summed E-state index contributed by atoms with van der Waals surface area (Å²) in [4.78, 5) is 14.8. The van der Waals surface area contributed by atoms with Crippen molar-refractivity contribution in [2.24, 2.45) is 0 Å². The van der Waals surface area contributed by atoms with E-state index in [0.717, 1.165) is 23.0 Å². The lowest BCUT2D eigenvalue weighted by Gasteiger charge is -2.17. The Morgan fingerprint density at radius 2 is 2.35 bits per heavy atom. The third kappa shape index (κ3) is 4.27. The second kappa shape index (κ2) is 6.96. The summed E-state index contributed by atoms with van der Waals surface area (Å²) in [5, 5.41) is 9.50. The van der Waals surface area contributed by atoms with Gasteiger partial charge in [-0.25, -0.2) is 4.98 Å². The molecule has 1 atom stereocenters. The second-order valence-corrected chi connectivity index (χ2v) is 5.79. The molecule has 0 amide bonds. The first-order chi connectivity index (χ1) is 8.06. The van der Waals surface area contributed by atoms with Gasteiger partial charge in [0.1, 0.15) is 0 Å². The summed E-state index contributed by atoms with van der Waals surface area (Å²) >= 11 is 3.11. The van der Waals surface area contributed by atoms with Crippen LogP contribution in [0, 0.1) is 6.92 Å². The van der Waals surface area contributed by atoms with Gasteiger partial charge in [-0.15, -0.1) is 0 Å². The monoisotopic (exact) mass is 274 g/mol. The molecule has 0 aliphatic rings. The van der Waals surface area contributed by atoms with Crippen molar-refractivity contribution in [3.63, 3.8) is 0 Å². The van der Waals surface area contributed by atoms with Gasteiger partial charge in [-0.3, -0.25) is 4.79 Å². The number of rotatable bonds is 7. The molecule has 96 valence electrons. The molecule has 1 unspecified atom stereocenters. The summed E-state index contributed by atoms with van der Waals surface area (Å²) in [6, 6.07) is 0.362. The Morgan fingerprint density at radius 1 is 1.65 bits per heavy atom. The molecule has 0 saturated heterocycles. The normalized spacial score (nSPS) is 12.6. The number of imidazole rings is 1. The van der Waals surface area contributed by atoms with E-state index in [4.69, 9.17) is 5.11 Å². The molecule has 0 bridgehead atoms. The lowest BCUT2D eigenvalue weighted by Crippen LogP contribution is -2.10. The molecule has 1 aromatic heterocycles. The standard InChI is InChI=1S/C11H18N2O2S2/c1-8(4-5-16-3)13-9(2)6-12-11(13)17-7-10(14)15/h6,8H,4-5,7H2,1-3H3,(H,14,15). The van der Waals surface area contributed by atoms with Gasteiger partial charge in [-0.1, -0.05) is 11.8 Å². The average Bonchev–Trinajstić information content (AvgIpc) is 2.64. The summed E-state index contributed by atoms with van der Waals surface area (Å²) in [6.07, 6.45) is 4.96. The summed E-state index contributed by atoms with van der Waals surface area (Å²) in [7, 11) is 0. The van der Waals surface area contributed by atoms with Gasteiger partial charge in [0, 0.05) is 17.9 Å². The minimum Gasteiger partial charge on any atom is -0.481 e. The van der Waals surface area contributed by atoms with E-state index in [-0.39, 0.29) is 5.75 Å². The van der Waals surface area contributed by atoms with Gasteiger partial charge in [0.2, 0.25) is 0 Å². The van der Waals surface area contributed by atoms with Gasteiger partial charge in [-0.2, -0.15) is 11.8 Å². The van der Waals surface area contributed by atoms with Crippen molar-refractivity contribution in [2.75, 3.05) is 17.8 Å². The first-order valence-electron chi connectivity index (χ1n) is 5.43. The molecule has 0 aliphatic carbocycles. The van der Waals surface area contributed by atoms with Gasteiger partial charge in [0.15, 0.2) is 5.16 Å². The highest BCUT2D eigenvalue weighted by Crippen LogP contribution is 2.25. The van der Waals surface area contributed by atoms with Crippen molar-refractivity contribution in [2.45, 2.75) is 31.5 Å². The lowest BCUT2D eigenvalue weighted by molar-refractivity contribution is -0.133. The minimum absolute atomic E-state index is 0.0612. The highest BCUT2D eigenvalue weighted by atomic mass is 32.2. The summed E-state index contributed by atoms with van der Waals surface area (Å²) in [5.74, 6) is 0.354. The maximum Gasteiger partial charge on any atom is 0.313 e. The first-order valence-corrected chi connectivity index (χ1v) is 7.81. The molecular formula is C11H18N2O2S2. The molecule has 1 heterocycles. The summed E-state index contributed by atoms with van der Waals surface area (Å²) < 4.78 is 2.13. The van der Waals surface area contributed by atoms with E-state index in [1.807, 2.05) is 18.7 Å². The molecule has 1 N–H and O–H groups in total. The molecule has 1 rings (SSSR count). The van der Waals surface area contributed by atoms with Crippen LogP contribution in [0.1, 0.15) is 25.1 Å². The Bertz CT molecular complexity index is 380. The van der Waals surface area contributed by atoms with E-state index in [2.05, 4.69) is 22.7 Å². The average molecular weight is 274 g/mol. The van der Waals surface area contributed by atoms with Gasteiger partial charge in [-0.05, 0) is 32.3 Å². The van der Waals surface area contributed by atoms with E-state index in [1.54, 1.807) is 6.20 Å². The minimum atomic E-state index is -0.807. The Labute approximate surface area is 110 Å². The van der Waals surface area contributed by atoms with Crippen LogP contribution in [0.3, 0.4) is 0 Å². The molecular weight excluding hydrogens is 256 g/mol. The SMILES string of the molecule is CSCCC(C)n1c(C)cnc1SCC(=O)O. The van der Waals surface area contributed by atoms with Crippen LogP contribution in [0.2, 0.25) is 0 Å². The molecule has 0 fully saturated rings. The van der Waals surface area contributed by atoms with Crippen molar-refractivity contribution in [3.8, 4) is 0 Å². The summed E-state index contributed by atoms with van der Waals surface area (Å²) in [6.45, 7) is 4.16. The molecule has 0 saturated carbocycles. The maximum atomic E-state index is 10.6. The highest BCUT2D eigenvalue weighted by molar-refractivity contribution is 7.99. The molecule has 6 heteroatoms. The predicted octanol–water partition coefficient (Wildman–Crippen LogP) is 2.68. The zero-order chi connectivity index (χ0) is 12.8. The number of carboxylic acid groups (broad SMARTS) is 1. The van der Waals surface area contributed by atoms with Crippen LogP contribution in [0.4, 0.5) is 0 Å². The second-order valence-electron chi connectivity index (χ2n) is 3.87. The fourth-order valence-electron chi connectivity index (χ4n) is 1.61. The molecule has 0 aromatic carbocycles. The number of carbonyl (C=O) groups is 1.